The zero-order valence-corrected chi connectivity index (χ0v) is 23.8. The van der Waals surface area contributed by atoms with Crippen LogP contribution in [0, 0.1) is 17.2 Å². The van der Waals surface area contributed by atoms with E-state index in [0.717, 1.165) is 57.8 Å². The number of fused-ring (bicyclic) bond motifs is 1. The molecule has 0 saturated carbocycles. The van der Waals surface area contributed by atoms with E-state index in [-0.39, 0.29) is 22.8 Å². The molecule has 0 atom stereocenters. The number of halogens is 1. The van der Waals surface area contributed by atoms with Crippen molar-refractivity contribution < 1.29 is 23.1 Å². The molecule has 0 aliphatic rings. The monoisotopic (exact) mass is 539 g/mol. The van der Waals surface area contributed by atoms with Gasteiger partial charge in [0, 0.05) is 17.0 Å². The lowest BCUT2D eigenvalue weighted by Gasteiger charge is -2.23. The highest BCUT2D eigenvalue weighted by Crippen LogP contribution is 2.27. The standard InChI is InChI=1S/C32H42FNO5/c1-23(2)18-19-32(3,4)31(36)38-21-13-9-7-5-6-8-12-20-37-28-17-16-24-22-26(30(35)39-29(24)34-28)25-14-10-11-15-27(25)33/h10-11,14-17,22-23H,5-9,12-13,18-21H2,1-4H3. The Labute approximate surface area is 230 Å². The Morgan fingerprint density at radius 3 is 2.31 bits per heavy atom. The molecule has 0 amide bonds. The molecule has 0 fully saturated rings. The summed E-state index contributed by atoms with van der Waals surface area (Å²) in [6.07, 6.45) is 9.17. The number of carbonyl (C=O) groups is 1. The van der Waals surface area contributed by atoms with Crippen molar-refractivity contribution in [3.63, 3.8) is 0 Å². The summed E-state index contributed by atoms with van der Waals surface area (Å²) in [5.41, 5.74) is -0.510. The van der Waals surface area contributed by atoms with E-state index in [9.17, 15) is 14.0 Å². The summed E-state index contributed by atoms with van der Waals surface area (Å²) in [5, 5.41) is 0.602. The zero-order valence-electron chi connectivity index (χ0n) is 23.8. The molecule has 0 saturated heterocycles. The van der Waals surface area contributed by atoms with Crippen molar-refractivity contribution in [1.29, 1.82) is 0 Å². The second kappa shape index (κ2) is 14.8. The van der Waals surface area contributed by atoms with Crippen molar-refractivity contribution >= 4 is 17.1 Å². The zero-order chi connectivity index (χ0) is 28.3. The molecule has 0 bridgehead atoms. The number of nitrogens with zero attached hydrogens (tertiary/aromatic N) is 1. The molecule has 0 unspecified atom stereocenters. The van der Waals surface area contributed by atoms with Crippen LogP contribution in [-0.2, 0) is 9.53 Å². The predicted octanol–water partition coefficient (Wildman–Crippen LogP) is 8.11. The first-order valence-electron chi connectivity index (χ1n) is 14.2. The molecule has 7 heteroatoms. The Balaban J connectivity index is 1.29. The number of unbranched alkanes of at least 4 members (excludes halogenated alkanes) is 6. The second-order valence-corrected chi connectivity index (χ2v) is 11.2. The van der Waals surface area contributed by atoms with Crippen LogP contribution < -0.4 is 10.4 Å². The Morgan fingerprint density at radius 1 is 0.949 bits per heavy atom. The van der Waals surface area contributed by atoms with Crippen LogP contribution in [0.25, 0.3) is 22.2 Å². The Kier molecular flexibility index (Phi) is 11.5. The third-order valence-corrected chi connectivity index (χ3v) is 6.91. The normalized spacial score (nSPS) is 11.7. The van der Waals surface area contributed by atoms with Gasteiger partial charge < -0.3 is 13.9 Å². The number of ether oxygens (including phenoxy) is 2. The van der Waals surface area contributed by atoms with Crippen LogP contribution in [0.3, 0.4) is 0 Å². The summed E-state index contributed by atoms with van der Waals surface area (Å²) in [6.45, 7) is 9.32. The van der Waals surface area contributed by atoms with Crippen molar-refractivity contribution in [2.45, 2.75) is 85.5 Å². The largest absolute Gasteiger partial charge is 0.478 e. The Hall–Kier alpha value is -3.22. The molecule has 2 heterocycles. The maximum Gasteiger partial charge on any atom is 0.345 e. The summed E-state index contributed by atoms with van der Waals surface area (Å²) in [5.74, 6) is 0.422. The van der Waals surface area contributed by atoms with Crippen LogP contribution in [-0.4, -0.2) is 24.2 Å². The minimum Gasteiger partial charge on any atom is -0.478 e. The Bertz CT molecular complexity index is 1270. The van der Waals surface area contributed by atoms with Crippen LogP contribution in [0.2, 0.25) is 0 Å². The van der Waals surface area contributed by atoms with Gasteiger partial charge in [-0.1, -0.05) is 64.2 Å². The Morgan fingerprint density at radius 2 is 1.62 bits per heavy atom. The minimum absolute atomic E-state index is 0.0847. The second-order valence-electron chi connectivity index (χ2n) is 11.2. The van der Waals surface area contributed by atoms with Gasteiger partial charge in [0.05, 0.1) is 24.2 Å². The molecule has 3 aromatic rings. The SMILES string of the molecule is CC(C)CCC(C)(C)C(=O)OCCCCCCCCCOc1ccc2cc(-c3ccccc3F)c(=O)oc2n1. The number of hydrogen-bond acceptors (Lipinski definition) is 6. The van der Waals surface area contributed by atoms with E-state index in [1.165, 1.54) is 6.07 Å². The van der Waals surface area contributed by atoms with Crippen molar-refractivity contribution in [3.8, 4) is 17.0 Å². The number of aromatic nitrogens is 1. The summed E-state index contributed by atoms with van der Waals surface area (Å²) in [6, 6.07) is 11.2. The fraction of sp³-hybridized carbons (Fsp3) is 0.531. The minimum atomic E-state index is -0.638. The summed E-state index contributed by atoms with van der Waals surface area (Å²) < 4.78 is 30.7. The molecule has 39 heavy (non-hydrogen) atoms. The summed E-state index contributed by atoms with van der Waals surface area (Å²) in [4.78, 5) is 29.0. The molecule has 2 aromatic heterocycles. The molecule has 0 aliphatic carbocycles. The fourth-order valence-electron chi connectivity index (χ4n) is 4.31. The molecule has 0 radical (unpaired) electrons. The van der Waals surface area contributed by atoms with Crippen LogP contribution in [0.1, 0.15) is 85.5 Å². The van der Waals surface area contributed by atoms with E-state index in [1.54, 1.807) is 36.4 Å². The lowest BCUT2D eigenvalue weighted by molar-refractivity contribution is -0.154. The molecular weight excluding hydrogens is 497 g/mol. The van der Waals surface area contributed by atoms with Crippen molar-refractivity contribution in [2.75, 3.05) is 13.2 Å². The van der Waals surface area contributed by atoms with Gasteiger partial charge in [0.25, 0.3) is 0 Å². The van der Waals surface area contributed by atoms with Gasteiger partial charge in [-0.2, -0.15) is 4.98 Å². The third kappa shape index (κ3) is 9.48. The lowest BCUT2D eigenvalue weighted by Crippen LogP contribution is -2.27. The molecule has 212 valence electrons. The number of esters is 1. The maximum absolute atomic E-state index is 14.1. The van der Waals surface area contributed by atoms with Gasteiger partial charge in [-0.25, -0.2) is 9.18 Å². The van der Waals surface area contributed by atoms with Crippen LogP contribution >= 0.6 is 0 Å². The average molecular weight is 540 g/mol. The third-order valence-electron chi connectivity index (χ3n) is 6.91. The average Bonchev–Trinajstić information content (AvgIpc) is 2.90. The first-order chi connectivity index (χ1) is 18.7. The predicted molar refractivity (Wildman–Crippen MR) is 152 cm³/mol. The highest BCUT2D eigenvalue weighted by atomic mass is 19.1. The fourth-order valence-corrected chi connectivity index (χ4v) is 4.31. The van der Waals surface area contributed by atoms with Crippen LogP contribution in [0.4, 0.5) is 4.39 Å². The van der Waals surface area contributed by atoms with Gasteiger partial charge in [0.1, 0.15) is 5.82 Å². The van der Waals surface area contributed by atoms with Gasteiger partial charge in [-0.3, -0.25) is 4.79 Å². The molecule has 6 nitrogen and oxygen atoms in total. The van der Waals surface area contributed by atoms with E-state index >= 15 is 0 Å². The first-order valence-corrected chi connectivity index (χ1v) is 14.2. The quantitative estimate of drug-likeness (QED) is 0.135. The molecule has 0 spiro atoms. The van der Waals surface area contributed by atoms with Gasteiger partial charge in [-0.15, -0.1) is 0 Å². The van der Waals surface area contributed by atoms with Crippen molar-refractivity contribution in [1.82, 2.24) is 4.98 Å². The summed E-state index contributed by atoms with van der Waals surface area (Å²) in [7, 11) is 0. The van der Waals surface area contributed by atoms with E-state index in [2.05, 4.69) is 18.8 Å². The number of benzene rings is 1. The highest BCUT2D eigenvalue weighted by Gasteiger charge is 2.29. The number of pyridine rings is 1. The molecule has 1 aromatic carbocycles. The van der Waals surface area contributed by atoms with Crippen molar-refractivity contribution in [3.05, 3.63) is 58.7 Å². The van der Waals surface area contributed by atoms with Crippen molar-refractivity contribution in [2.24, 2.45) is 11.3 Å². The number of hydrogen-bond donors (Lipinski definition) is 0. The molecular formula is C32H42FNO5. The summed E-state index contributed by atoms with van der Waals surface area (Å²) >= 11 is 0. The van der Waals surface area contributed by atoms with E-state index in [0.29, 0.717) is 30.4 Å². The lowest BCUT2D eigenvalue weighted by atomic mass is 9.85. The molecule has 0 aliphatic heterocycles. The van der Waals surface area contributed by atoms with Gasteiger partial charge in [-0.05, 0) is 63.6 Å². The maximum atomic E-state index is 14.1. The smallest absolute Gasteiger partial charge is 0.345 e. The van der Waals surface area contributed by atoms with E-state index < -0.39 is 16.9 Å². The van der Waals surface area contributed by atoms with E-state index in [4.69, 9.17) is 13.9 Å². The van der Waals surface area contributed by atoms with Gasteiger partial charge in [0.2, 0.25) is 11.6 Å². The van der Waals surface area contributed by atoms with Crippen LogP contribution in [0.15, 0.2) is 51.7 Å². The molecule has 0 N–H and O–H groups in total. The van der Waals surface area contributed by atoms with Gasteiger partial charge >= 0.3 is 11.6 Å². The number of rotatable bonds is 16. The highest BCUT2D eigenvalue weighted by molar-refractivity contribution is 5.79. The van der Waals surface area contributed by atoms with E-state index in [1.807, 2.05) is 13.8 Å². The topological polar surface area (TPSA) is 78.6 Å². The van der Waals surface area contributed by atoms with Gasteiger partial charge in [0.15, 0.2) is 0 Å². The molecule has 3 rings (SSSR count). The number of carbonyl (C=O) groups excluding carboxylic acids is 1. The first kappa shape index (κ1) is 30.3. The van der Waals surface area contributed by atoms with Crippen LogP contribution in [0.5, 0.6) is 5.88 Å².